The Hall–Kier alpha value is -1.56. The smallest absolute Gasteiger partial charge is 0.206 e. The molecule has 130 valence electrons. The Morgan fingerprint density at radius 3 is 1.67 bits per heavy atom. The van der Waals surface area contributed by atoms with Crippen LogP contribution in [0.3, 0.4) is 0 Å². The zero-order valence-electron chi connectivity index (χ0n) is 11.7. The van der Waals surface area contributed by atoms with Crippen LogP contribution in [0, 0.1) is 0 Å². The summed E-state index contributed by atoms with van der Waals surface area (Å²) in [6, 6.07) is 10.5. The van der Waals surface area contributed by atoms with Gasteiger partial charge < -0.3 is 0 Å². The second-order valence-electron chi connectivity index (χ2n) is 4.42. The van der Waals surface area contributed by atoms with Crippen LogP contribution < -0.4 is 4.13 Å². The van der Waals surface area contributed by atoms with Gasteiger partial charge >= 0.3 is 5.51 Å². The Morgan fingerprint density at radius 1 is 0.750 bits per heavy atom. The third-order valence-corrected chi connectivity index (χ3v) is 6.92. The molecule has 11 heteroatoms. The van der Waals surface area contributed by atoms with Crippen LogP contribution in [0.4, 0.5) is 13.2 Å². The van der Waals surface area contributed by atoms with Crippen LogP contribution in [-0.4, -0.2) is 22.3 Å². The van der Waals surface area contributed by atoms with Gasteiger partial charge in [-0.25, -0.2) is 16.8 Å². The fourth-order valence-electron chi connectivity index (χ4n) is 1.66. The highest BCUT2D eigenvalue weighted by atomic mass is 32.3. The molecule has 0 heterocycles. The van der Waals surface area contributed by atoms with Crippen molar-refractivity contribution in [1.82, 2.24) is 4.13 Å². The van der Waals surface area contributed by atoms with E-state index in [-0.39, 0.29) is 9.79 Å². The topological polar surface area (TPSA) is 80.3 Å². The molecule has 2 aromatic carbocycles. The molecule has 0 aliphatic carbocycles. The summed E-state index contributed by atoms with van der Waals surface area (Å²) in [5.41, 5.74) is -4.50. The Balaban J connectivity index is 2.25. The van der Waals surface area contributed by atoms with E-state index in [9.17, 15) is 30.0 Å². The summed E-state index contributed by atoms with van der Waals surface area (Å²) in [6.07, 6.45) is 0. The highest BCUT2D eigenvalue weighted by molar-refractivity contribution is 8.04. The van der Waals surface area contributed by atoms with Crippen molar-refractivity contribution in [3.8, 4) is 0 Å². The van der Waals surface area contributed by atoms with Gasteiger partial charge in [0.15, 0.2) is 0 Å². The van der Waals surface area contributed by atoms with Gasteiger partial charge in [0.1, 0.15) is 0 Å². The van der Waals surface area contributed by atoms with Crippen LogP contribution in [0.2, 0.25) is 0 Å². The zero-order chi connectivity index (χ0) is 18.0. The van der Waals surface area contributed by atoms with Gasteiger partial charge in [0.25, 0.3) is 20.0 Å². The van der Waals surface area contributed by atoms with Crippen LogP contribution in [0.5, 0.6) is 0 Å². The molecule has 2 aromatic rings. The highest BCUT2D eigenvalue weighted by Gasteiger charge is 2.30. The van der Waals surface area contributed by atoms with Crippen molar-refractivity contribution in [2.45, 2.75) is 20.2 Å². The Bertz CT molecular complexity index is 909. The van der Waals surface area contributed by atoms with Gasteiger partial charge in [-0.05, 0) is 48.2 Å². The molecule has 1 N–H and O–H groups in total. The molecule has 0 atom stereocenters. The number of benzene rings is 2. The molecule has 0 saturated carbocycles. The average molecular weight is 397 g/mol. The molecule has 0 unspecified atom stereocenters. The lowest BCUT2D eigenvalue weighted by atomic mass is 10.4. The molecule has 5 nitrogen and oxygen atoms in total. The Kier molecular flexibility index (Phi) is 5.28. The fraction of sp³-hybridized carbons (Fsp3) is 0.0769. The van der Waals surface area contributed by atoms with E-state index in [0.29, 0.717) is 0 Å². The van der Waals surface area contributed by atoms with Crippen LogP contribution in [0.1, 0.15) is 0 Å². The largest absolute Gasteiger partial charge is 0.446 e. The number of nitrogens with one attached hydrogen (secondary N) is 1. The van der Waals surface area contributed by atoms with Crippen LogP contribution in [-0.2, 0) is 20.0 Å². The van der Waals surface area contributed by atoms with E-state index >= 15 is 0 Å². The van der Waals surface area contributed by atoms with Gasteiger partial charge in [-0.2, -0.15) is 13.2 Å². The van der Waals surface area contributed by atoms with Gasteiger partial charge in [-0.15, -0.1) is 4.13 Å². The van der Waals surface area contributed by atoms with Crippen molar-refractivity contribution >= 4 is 31.8 Å². The van der Waals surface area contributed by atoms with Crippen LogP contribution in [0.15, 0.2) is 69.3 Å². The van der Waals surface area contributed by atoms with Gasteiger partial charge in [-0.1, -0.05) is 18.2 Å². The predicted molar refractivity (Wildman–Crippen MR) is 82.3 cm³/mol. The lowest BCUT2D eigenvalue weighted by molar-refractivity contribution is -0.0328. The summed E-state index contributed by atoms with van der Waals surface area (Å²) >= 11 is -0.403. The second-order valence-corrected chi connectivity index (χ2v) is 9.18. The first-order valence-electron chi connectivity index (χ1n) is 6.19. The van der Waals surface area contributed by atoms with E-state index in [4.69, 9.17) is 0 Å². The third kappa shape index (κ3) is 4.97. The number of alkyl halides is 3. The summed E-state index contributed by atoms with van der Waals surface area (Å²) in [7, 11) is -8.78. The van der Waals surface area contributed by atoms with Gasteiger partial charge in [0, 0.05) is 4.90 Å². The average Bonchev–Trinajstić information content (AvgIpc) is 2.46. The fourth-order valence-corrected chi connectivity index (χ4v) is 5.14. The van der Waals surface area contributed by atoms with Gasteiger partial charge in [0.2, 0.25) is 0 Å². The lowest BCUT2D eigenvalue weighted by Crippen LogP contribution is -2.30. The molecule has 24 heavy (non-hydrogen) atoms. The number of hydrogen-bond acceptors (Lipinski definition) is 5. The van der Waals surface area contributed by atoms with Crippen molar-refractivity contribution in [1.29, 1.82) is 0 Å². The molecular formula is C13H10F3NO4S3. The van der Waals surface area contributed by atoms with E-state index < -0.39 is 42.2 Å². The minimum absolute atomic E-state index is 0.215. The number of sulfonamides is 2. The first-order chi connectivity index (χ1) is 11.0. The third-order valence-electron chi connectivity index (χ3n) is 2.64. The number of hydrogen-bond donors (Lipinski definition) is 1. The van der Waals surface area contributed by atoms with Crippen LogP contribution >= 0.6 is 11.8 Å². The van der Waals surface area contributed by atoms with Crippen molar-refractivity contribution < 1.29 is 30.0 Å². The normalized spacial score (nSPS) is 13.0. The minimum Gasteiger partial charge on any atom is -0.206 e. The van der Waals surface area contributed by atoms with E-state index in [2.05, 4.69) is 0 Å². The maximum absolute atomic E-state index is 12.2. The van der Waals surface area contributed by atoms with Crippen molar-refractivity contribution in [2.75, 3.05) is 0 Å². The molecule has 0 saturated heterocycles. The maximum atomic E-state index is 12.2. The molecule has 0 radical (unpaired) electrons. The highest BCUT2D eigenvalue weighted by Crippen LogP contribution is 2.36. The molecule has 0 bridgehead atoms. The van der Waals surface area contributed by atoms with Gasteiger partial charge in [0.05, 0.1) is 9.79 Å². The summed E-state index contributed by atoms with van der Waals surface area (Å²) in [6.45, 7) is 0. The van der Waals surface area contributed by atoms with E-state index in [1.54, 1.807) is 10.2 Å². The quantitative estimate of drug-likeness (QED) is 0.785. The zero-order valence-corrected chi connectivity index (χ0v) is 14.1. The Morgan fingerprint density at radius 2 is 1.21 bits per heavy atom. The first kappa shape index (κ1) is 18.8. The van der Waals surface area contributed by atoms with Crippen molar-refractivity contribution in [3.05, 3.63) is 54.6 Å². The lowest BCUT2D eigenvalue weighted by Gasteiger charge is -2.09. The van der Waals surface area contributed by atoms with E-state index in [1.165, 1.54) is 24.3 Å². The number of thioether (sulfide) groups is 1. The first-order valence-corrected chi connectivity index (χ1v) is 9.97. The van der Waals surface area contributed by atoms with Gasteiger partial charge in [-0.3, -0.25) is 0 Å². The Labute approximate surface area is 141 Å². The van der Waals surface area contributed by atoms with Crippen molar-refractivity contribution in [2.24, 2.45) is 0 Å². The molecule has 0 aliphatic heterocycles. The SMILES string of the molecule is O=S(=O)(NS(=O)(=O)c1ccc(SC(F)(F)F)cc1)c1ccccc1. The molecule has 0 aliphatic rings. The second kappa shape index (κ2) is 6.75. The molecule has 0 spiro atoms. The standard InChI is InChI=1S/C13H10F3NO4S3/c14-13(15,16)22-10-6-8-12(9-7-10)24(20,21)17-23(18,19)11-4-2-1-3-5-11/h1-9,17H. The van der Waals surface area contributed by atoms with Crippen LogP contribution in [0.25, 0.3) is 0 Å². The van der Waals surface area contributed by atoms with Crippen molar-refractivity contribution in [3.63, 3.8) is 0 Å². The summed E-state index contributed by atoms with van der Waals surface area (Å²) < 4.78 is 86.5. The predicted octanol–water partition coefficient (Wildman–Crippen LogP) is 2.97. The minimum atomic E-state index is -4.50. The molecule has 2 rings (SSSR count). The summed E-state index contributed by atoms with van der Waals surface area (Å²) in [5, 5.41) is 0. The van der Waals surface area contributed by atoms with E-state index in [0.717, 1.165) is 24.3 Å². The monoisotopic (exact) mass is 397 g/mol. The molecular weight excluding hydrogens is 387 g/mol. The molecule has 0 amide bonds. The summed E-state index contributed by atoms with van der Waals surface area (Å²) in [4.78, 5) is -0.932. The number of rotatable bonds is 5. The van der Waals surface area contributed by atoms with E-state index in [1.807, 2.05) is 0 Å². The molecule has 0 aromatic heterocycles. The molecule has 0 fully saturated rings. The summed E-state index contributed by atoms with van der Waals surface area (Å²) in [5.74, 6) is 0. The number of halogens is 3. The maximum Gasteiger partial charge on any atom is 0.446 e.